The van der Waals surface area contributed by atoms with Crippen LogP contribution in [0.3, 0.4) is 0 Å². The Hall–Kier alpha value is -1.03. The predicted octanol–water partition coefficient (Wildman–Crippen LogP) is 5.30. The molecule has 0 unspecified atom stereocenters. The lowest BCUT2D eigenvalue weighted by Gasteiger charge is -2.11. The van der Waals surface area contributed by atoms with E-state index in [1.54, 1.807) is 30.3 Å². The summed E-state index contributed by atoms with van der Waals surface area (Å²) in [5, 5.41) is 0.820. The number of methoxy groups -OCH3 is 1. The second kappa shape index (κ2) is 6.17. The van der Waals surface area contributed by atoms with E-state index in [4.69, 9.17) is 27.9 Å². The van der Waals surface area contributed by atoms with Crippen molar-refractivity contribution in [1.29, 1.82) is 0 Å². The van der Waals surface area contributed by atoms with Crippen molar-refractivity contribution in [3.8, 4) is 5.75 Å². The zero-order chi connectivity index (χ0) is 14.9. The molecule has 2 aromatic carbocycles. The second-order valence-corrected chi connectivity index (χ2v) is 5.95. The molecule has 20 heavy (non-hydrogen) atoms. The number of benzene rings is 2. The highest BCUT2D eigenvalue weighted by Gasteiger charge is 2.19. The summed E-state index contributed by atoms with van der Waals surface area (Å²) in [6.07, 6.45) is 0. The molecule has 2 aromatic rings. The van der Waals surface area contributed by atoms with E-state index in [1.807, 2.05) is 6.92 Å². The Morgan fingerprint density at radius 2 is 1.85 bits per heavy atom. The van der Waals surface area contributed by atoms with E-state index < -0.39 is 0 Å². The molecule has 0 N–H and O–H groups in total. The topological polar surface area (TPSA) is 26.3 Å². The molecule has 0 aliphatic heterocycles. The summed E-state index contributed by atoms with van der Waals surface area (Å²) in [5.41, 5.74) is 1.78. The summed E-state index contributed by atoms with van der Waals surface area (Å²) in [7, 11) is 1.53. The standard InChI is InChI=1S/C15H11BrCl2O2/c1-8-5-14(20-2)11(7-12(8)16)15(19)10-6-9(17)3-4-13(10)18/h3-7H,1-2H3. The van der Waals surface area contributed by atoms with Crippen LogP contribution in [0, 0.1) is 6.92 Å². The Kier molecular flexibility index (Phi) is 4.74. The van der Waals surface area contributed by atoms with E-state index in [2.05, 4.69) is 15.9 Å². The van der Waals surface area contributed by atoms with Gasteiger partial charge in [0.2, 0.25) is 0 Å². The van der Waals surface area contributed by atoms with E-state index in [-0.39, 0.29) is 5.78 Å². The molecular formula is C15H11BrCl2O2. The maximum absolute atomic E-state index is 12.6. The van der Waals surface area contributed by atoms with Crippen molar-refractivity contribution < 1.29 is 9.53 Å². The van der Waals surface area contributed by atoms with Gasteiger partial charge in [-0.05, 0) is 42.8 Å². The summed E-state index contributed by atoms with van der Waals surface area (Å²) >= 11 is 15.4. The molecule has 0 aliphatic carbocycles. The van der Waals surface area contributed by atoms with Crippen LogP contribution in [0.1, 0.15) is 21.5 Å². The van der Waals surface area contributed by atoms with Gasteiger partial charge in [0.1, 0.15) is 5.75 Å². The summed E-state index contributed by atoms with van der Waals surface area (Å²) < 4.78 is 6.11. The average Bonchev–Trinajstić information content (AvgIpc) is 2.43. The first kappa shape index (κ1) is 15.4. The van der Waals surface area contributed by atoms with Crippen LogP contribution in [-0.2, 0) is 0 Å². The highest BCUT2D eigenvalue weighted by molar-refractivity contribution is 9.10. The minimum Gasteiger partial charge on any atom is -0.496 e. The Balaban J connectivity index is 2.58. The Morgan fingerprint density at radius 1 is 1.15 bits per heavy atom. The third-order valence-electron chi connectivity index (χ3n) is 2.90. The fourth-order valence-corrected chi connectivity index (χ4v) is 2.54. The number of ketones is 1. The minimum atomic E-state index is -0.227. The maximum atomic E-state index is 12.6. The van der Waals surface area contributed by atoms with Crippen LogP contribution in [0.2, 0.25) is 10.0 Å². The molecule has 5 heteroatoms. The monoisotopic (exact) mass is 372 g/mol. The lowest BCUT2D eigenvalue weighted by Crippen LogP contribution is -2.05. The van der Waals surface area contributed by atoms with Crippen molar-refractivity contribution in [2.75, 3.05) is 7.11 Å². The summed E-state index contributed by atoms with van der Waals surface area (Å²) in [6.45, 7) is 1.92. The van der Waals surface area contributed by atoms with E-state index in [0.29, 0.717) is 26.9 Å². The largest absolute Gasteiger partial charge is 0.496 e. The van der Waals surface area contributed by atoms with Gasteiger partial charge in [-0.3, -0.25) is 4.79 Å². The molecule has 2 rings (SSSR count). The maximum Gasteiger partial charge on any atom is 0.198 e. The zero-order valence-electron chi connectivity index (χ0n) is 10.8. The van der Waals surface area contributed by atoms with Gasteiger partial charge in [-0.1, -0.05) is 39.1 Å². The molecule has 0 radical (unpaired) electrons. The molecule has 0 saturated carbocycles. The number of carbonyl (C=O) groups is 1. The Bertz CT molecular complexity index is 684. The summed E-state index contributed by atoms with van der Waals surface area (Å²) in [6, 6.07) is 8.33. The van der Waals surface area contributed by atoms with E-state index in [0.717, 1.165) is 10.0 Å². The van der Waals surface area contributed by atoms with Gasteiger partial charge in [0.05, 0.1) is 17.7 Å². The molecule has 0 aliphatic rings. The van der Waals surface area contributed by atoms with Crippen molar-refractivity contribution in [2.24, 2.45) is 0 Å². The van der Waals surface area contributed by atoms with Crippen LogP contribution in [0.5, 0.6) is 5.75 Å². The summed E-state index contributed by atoms with van der Waals surface area (Å²) in [5.74, 6) is 0.279. The minimum absolute atomic E-state index is 0.227. The number of hydrogen-bond donors (Lipinski definition) is 0. The average molecular weight is 374 g/mol. The SMILES string of the molecule is COc1cc(C)c(Br)cc1C(=O)c1cc(Cl)ccc1Cl. The molecule has 0 bridgehead atoms. The van der Waals surface area contributed by atoms with Gasteiger partial charge in [0.25, 0.3) is 0 Å². The lowest BCUT2D eigenvalue weighted by atomic mass is 10.0. The first-order valence-electron chi connectivity index (χ1n) is 5.78. The van der Waals surface area contributed by atoms with Gasteiger partial charge in [0, 0.05) is 15.1 Å². The van der Waals surface area contributed by atoms with E-state index >= 15 is 0 Å². The quantitative estimate of drug-likeness (QED) is 0.682. The molecule has 104 valence electrons. The van der Waals surface area contributed by atoms with Crippen molar-refractivity contribution in [3.63, 3.8) is 0 Å². The van der Waals surface area contributed by atoms with Gasteiger partial charge in [-0.2, -0.15) is 0 Å². The van der Waals surface area contributed by atoms with Crippen LogP contribution in [0.15, 0.2) is 34.8 Å². The molecule has 0 saturated heterocycles. The highest BCUT2D eigenvalue weighted by Crippen LogP contribution is 2.31. The number of rotatable bonds is 3. The second-order valence-electron chi connectivity index (χ2n) is 4.25. The van der Waals surface area contributed by atoms with Crippen molar-refractivity contribution in [3.05, 3.63) is 61.5 Å². The lowest BCUT2D eigenvalue weighted by molar-refractivity contribution is 0.103. The molecule has 0 spiro atoms. The highest BCUT2D eigenvalue weighted by atomic mass is 79.9. The molecule has 0 fully saturated rings. The normalized spacial score (nSPS) is 10.4. The number of hydrogen-bond acceptors (Lipinski definition) is 2. The van der Waals surface area contributed by atoms with Gasteiger partial charge >= 0.3 is 0 Å². The molecular weight excluding hydrogens is 363 g/mol. The Labute approximate surface area is 135 Å². The zero-order valence-corrected chi connectivity index (χ0v) is 13.9. The third-order valence-corrected chi connectivity index (χ3v) is 4.32. The molecule has 2 nitrogen and oxygen atoms in total. The number of halogens is 3. The number of ether oxygens (including phenoxy) is 1. The van der Waals surface area contributed by atoms with Gasteiger partial charge in [-0.15, -0.1) is 0 Å². The van der Waals surface area contributed by atoms with E-state index in [1.165, 1.54) is 7.11 Å². The molecule has 0 heterocycles. The summed E-state index contributed by atoms with van der Waals surface area (Å²) in [4.78, 5) is 12.6. The first-order valence-corrected chi connectivity index (χ1v) is 7.33. The molecule has 0 aromatic heterocycles. The first-order chi connectivity index (χ1) is 9.43. The van der Waals surface area contributed by atoms with Crippen LogP contribution >= 0.6 is 39.1 Å². The molecule has 0 amide bonds. The third kappa shape index (κ3) is 3.00. The van der Waals surface area contributed by atoms with Crippen molar-refractivity contribution >= 4 is 44.9 Å². The van der Waals surface area contributed by atoms with Crippen molar-refractivity contribution in [1.82, 2.24) is 0 Å². The number of aryl methyl sites for hydroxylation is 1. The molecule has 0 atom stereocenters. The predicted molar refractivity (Wildman–Crippen MR) is 85.3 cm³/mol. The van der Waals surface area contributed by atoms with Crippen LogP contribution in [0.4, 0.5) is 0 Å². The Morgan fingerprint density at radius 3 is 2.50 bits per heavy atom. The smallest absolute Gasteiger partial charge is 0.198 e. The van der Waals surface area contributed by atoms with Crippen molar-refractivity contribution in [2.45, 2.75) is 6.92 Å². The van der Waals surface area contributed by atoms with Gasteiger partial charge in [-0.25, -0.2) is 0 Å². The van der Waals surface area contributed by atoms with Gasteiger partial charge < -0.3 is 4.74 Å². The fraction of sp³-hybridized carbons (Fsp3) is 0.133. The number of carbonyl (C=O) groups excluding carboxylic acids is 1. The van der Waals surface area contributed by atoms with Gasteiger partial charge in [0.15, 0.2) is 5.78 Å². The van der Waals surface area contributed by atoms with Crippen LogP contribution < -0.4 is 4.74 Å². The fourth-order valence-electron chi connectivity index (χ4n) is 1.82. The van der Waals surface area contributed by atoms with Crippen LogP contribution in [-0.4, -0.2) is 12.9 Å². The van der Waals surface area contributed by atoms with E-state index in [9.17, 15) is 4.79 Å². The van der Waals surface area contributed by atoms with Crippen LogP contribution in [0.25, 0.3) is 0 Å².